The van der Waals surface area contributed by atoms with Crippen molar-refractivity contribution in [3.05, 3.63) is 33.8 Å². The molecular weight excluding hydrogens is 286 g/mol. The third-order valence-electron chi connectivity index (χ3n) is 2.21. The number of benzene rings is 1. The SMILES string of the molecule is Fc1ccc(Br)c(F)c1CSC1COC1. The summed E-state index contributed by atoms with van der Waals surface area (Å²) in [5.74, 6) is -0.628. The van der Waals surface area contributed by atoms with E-state index in [0.717, 1.165) is 0 Å². The van der Waals surface area contributed by atoms with Crippen LogP contribution in [-0.2, 0) is 10.5 Å². The summed E-state index contributed by atoms with van der Waals surface area (Å²) in [6, 6.07) is 2.66. The van der Waals surface area contributed by atoms with Gasteiger partial charge in [-0.05, 0) is 28.1 Å². The summed E-state index contributed by atoms with van der Waals surface area (Å²) in [5.41, 5.74) is 0.140. The third kappa shape index (κ3) is 2.52. The Hall–Kier alpha value is -0.130. The summed E-state index contributed by atoms with van der Waals surface area (Å²) in [6.07, 6.45) is 0. The second kappa shape index (κ2) is 4.80. The van der Waals surface area contributed by atoms with E-state index < -0.39 is 11.6 Å². The van der Waals surface area contributed by atoms with Crippen LogP contribution in [-0.4, -0.2) is 18.5 Å². The standard InChI is InChI=1S/C10H9BrF2OS/c11-8-1-2-9(12)7(10(8)13)5-15-6-3-14-4-6/h1-2,6H,3-5H2. The van der Waals surface area contributed by atoms with Crippen molar-refractivity contribution in [2.75, 3.05) is 13.2 Å². The number of hydrogen-bond donors (Lipinski definition) is 0. The predicted molar refractivity (Wildman–Crippen MR) is 60.0 cm³/mol. The van der Waals surface area contributed by atoms with Crippen molar-refractivity contribution in [3.8, 4) is 0 Å². The van der Waals surface area contributed by atoms with Crippen LogP contribution in [0.5, 0.6) is 0 Å². The van der Waals surface area contributed by atoms with Gasteiger partial charge in [-0.3, -0.25) is 0 Å². The number of halogens is 3. The van der Waals surface area contributed by atoms with Crippen LogP contribution in [0.15, 0.2) is 16.6 Å². The van der Waals surface area contributed by atoms with E-state index in [4.69, 9.17) is 4.74 Å². The summed E-state index contributed by atoms with van der Waals surface area (Å²) in [7, 11) is 0. The van der Waals surface area contributed by atoms with Crippen molar-refractivity contribution in [2.45, 2.75) is 11.0 Å². The van der Waals surface area contributed by atoms with Gasteiger partial charge in [0.2, 0.25) is 0 Å². The first-order valence-electron chi connectivity index (χ1n) is 4.50. The maximum atomic E-state index is 13.5. The quantitative estimate of drug-likeness (QED) is 0.791. The predicted octanol–water partition coefficient (Wildman–Crippen LogP) is 3.36. The van der Waals surface area contributed by atoms with Crippen LogP contribution < -0.4 is 0 Å². The lowest BCUT2D eigenvalue weighted by atomic mass is 10.2. The molecule has 0 amide bonds. The van der Waals surface area contributed by atoms with Crippen LogP contribution in [0.2, 0.25) is 0 Å². The molecule has 1 fully saturated rings. The second-order valence-electron chi connectivity index (χ2n) is 3.29. The minimum atomic E-state index is -0.497. The molecule has 1 saturated heterocycles. The summed E-state index contributed by atoms with van der Waals surface area (Å²) in [6.45, 7) is 1.36. The Morgan fingerprint density at radius 3 is 2.73 bits per heavy atom. The second-order valence-corrected chi connectivity index (χ2v) is 5.44. The maximum absolute atomic E-state index is 13.5. The molecule has 5 heteroatoms. The van der Waals surface area contributed by atoms with Gasteiger partial charge in [0.05, 0.1) is 22.9 Å². The van der Waals surface area contributed by atoms with E-state index in [9.17, 15) is 8.78 Å². The van der Waals surface area contributed by atoms with Crippen molar-refractivity contribution in [1.29, 1.82) is 0 Å². The highest BCUT2D eigenvalue weighted by Crippen LogP contribution is 2.28. The number of hydrogen-bond acceptors (Lipinski definition) is 2. The minimum Gasteiger partial charge on any atom is -0.379 e. The Bertz CT molecular complexity index is 369. The van der Waals surface area contributed by atoms with Gasteiger partial charge in [0.1, 0.15) is 11.6 Å². The maximum Gasteiger partial charge on any atom is 0.144 e. The molecule has 0 aliphatic carbocycles. The van der Waals surface area contributed by atoms with E-state index in [-0.39, 0.29) is 5.56 Å². The molecule has 15 heavy (non-hydrogen) atoms. The lowest BCUT2D eigenvalue weighted by Gasteiger charge is -2.25. The van der Waals surface area contributed by atoms with Gasteiger partial charge in [0.25, 0.3) is 0 Å². The zero-order chi connectivity index (χ0) is 10.8. The first-order valence-corrected chi connectivity index (χ1v) is 6.34. The Labute approximate surface area is 99.3 Å². The number of ether oxygens (including phenoxy) is 1. The highest BCUT2D eigenvalue weighted by Gasteiger charge is 2.21. The molecule has 82 valence electrons. The smallest absolute Gasteiger partial charge is 0.144 e. The molecule has 1 nitrogen and oxygen atoms in total. The van der Waals surface area contributed by atoms with Crippen LogP contribution in [0.25, 0.3) is 0 Å². The van der Waals surface area contributed by atoms with Crippen LogP contribution in [0.1, 0.15) is 5.56 Å². The summed E-state index contributed by atoms with van der Waals surface area (Å²) < 4.78 is 32.1. The van der Waals surface area contributed by atoms with Crippen molar-refractivity contribution in [1.82, 2.24) is 0 Å². The Morgan fingerprint density at radius 1 is 1.40 bits per heavy atom. The zero-order valence-electron chi connectivity index (χ0n) is 7.80. The van der Waals surface area contributed by atoms with Gasteiger partial charge in [0.15, 0.2) is 0 Å². The first-order chi connectivity index (χ1) is 7.18. The topological polar surface area (TPSA) is 9.23 Å². The summed E-state index contributed by atoms with van der Waals surface area (Å²) >= 11 is 4.57. The normalized spacial score (nSPS) is 16.5. The third-order valence-corrected chi connectivity index (χ3v) is 4.02. The Kier molecular flexibility index (Phi) is 3.64. The first kappa shape index (κ1) is 11.4. The molecule has 2 rings (SSSR count). The monoisotopic (exact) mass is 294 g/mol. The molecule has 1 aliphatic rings. The largest absolute Gasteiger partial charge is 0.379 e. The molecule has 0 aromatic heterocycles. The molecule has 0 N–H and O–H groups in total. The van der Waals surface area contributed by atoms with E-state index in [2.05, 4.69) is 15.9 Å². The number of rotatable bonds is 3. The molecule has 1 aromatic carbocycles. The van der Waals surface area contributed by atoms with E-state index in [0.29, 0.717) is 28.7 Å². The Balaban J connectivity index is 2.08. The highest BCUT2D eigenvalue weighted by atomic mass is 79.9. The zero-order valence-corrected chi connectivity index (χ0v) is 10.2. The van der Waals surface area contributed by atoms with Crippen molar-refractivity contribution < 1.29 is 13.5 Å². The fourth-order valence-corrected chi connectivity index (χ4v) is 2.64. The van der Waals surface area contributed by atoms with Crippen LogP contribution in [0.3, 0.4) is 0 Å². The molecule has 0 saturated carbocycles. The molecule has 1 aromatic rings. The van der Waals surface area contributed by atoms with Crippen LogP contribution in [0, 0.1) is 11.6 Å². The lowest BCUT2D eigenvalue weighted by molar-refractivity contribution is 0.0455. The lowest BCUT2D eigenvalue weighted by Crippen LogP contribution is -2.30. The van der Waals surface area contributed by atoms with E-state index in [1.807, 2.05) is 0 Å². The van der Waals surface area contributed by atoms with Gasteiger partial charge in [-0.25, -0.2) is 8.78 Å². The number of thioether (sulfide) groups is 1. The van der Waals surface area contributed by atoms with Gasteiger partial charge in [0, 0.05) is 11.3 Å². The molecule has 0 bridgehead atoms. The van der Waals surface area contributed by atoms with E-state index in [1.165, 1.54) is 23.9 Å². The summed E-state index contributed by atoms with van der Waals surface area (Å²) in [5, 5.41) is 0.378. The van der Waals surface area contributed by atoms with Gasteiger partial charge in [-0.15, -0.1) is 11.8 Å². The molecule has 0 unspecified atom stereocenters. The molecule has 1 aliphatic heterocycles. The minimum absolute atomic E-state index is 0.140. The van der Waals surface area contributed by atoms with Crippen molar-refractivity contribution >= 4 is 27.7 Å². The fourth-order valence-electron chi connectivity index (χ4n) is 1.21. The van der Waals surface area contributed by atoms with Gasteiger partial charge in [-0.1, -0.05) is 0 Å². The molecule has 0 spiro atoms. The average molecular weight is 295 g/mol. The van der Waals surface area contributed by atoms with Gasteiger partial charge < -0.3 is 4.74 Å². The molecular formula is C10H9BrF2OS. The van der Waals surface area contributed by atoms with Crippen molar-refractivity contribution in [2.24, 2.45) is 0 Å². The van der Waals surface area contributed by atoms with E-state index >= 15 is 0 Å². The van der Waals surface area contributed by atoms with Crippen molar-refractivity contribution in [3.63, 3.8) is 0 Å². The highest BCUT2D eigenvalue weighted by molar-refractivity contribution is 9.10. The van der Waals surface area contributed by atoms with Gasteiger partial charge in [-0.2, -0.15) is 0 Å². The van der Waals surface area contributed by atoms with Gasteiger partial charge >= 0.3 is 0 Å². The molecule has 0 atom stereocenters. The van der Waals surface area contributed by atoms with Crippen LogP contribution >= 0.6 is 27.7 Å². The van der Waals surface area contributed by atoms with Crippen LogP contribution in [0.4, 0.5) is 8.78 Å². The average Bonchev–Trinajstić information content (AvgIpc) is 2.15. The molecule has 0 radical (unpaired) electrons. The fraction of sp³-hybridized carbons (Fsp3) is 0.400. The van der Waals surface area contributed by atoms with E-state index in [1.54, 1.807) is 0 Å². The molecule has 1 heterocycles. The Morgan fingerprint density at radius 2 is 2.13 bits per heavy atom. The summed E-state index contributed by atoms with van der Waals surface area (Å²) in [4.78, 5) is 0.